The van der Waals surface area contributed by atoms with Crippen molar-refractivity contribution >= 4 is 49.8 Å². The van der Waals surface area contributed by atoms with Crippen molar-refractivity contribution in [2.75, 3.05) is 4.90 Å². The summed E-state index contributed by atoms with van der Waals surface area (Å²) in [6, 6.07) is 67.0. The van der Waals surface area contributed by atoms with Gasteiger partial charge in [-0.3, -0.25) is 0 Å². The van der Waals surface area contributed by atoms with Gasteiger partial charge in [0, 0.05) is 27.5 Å². The molecule has 0 spiro atoms. The summed E-state index contributed by atoms with van der Waals surface area (Å²) in [4.78, 5) is 2.38. The Balaban J connectivity index is 1.20. The smallest absolute Gasteiger partial charge is 0.135 e. The van der Waals surface area contributed by atoms with Gasteiger partial charge in [-0.1, -0.05) is 140 Å². The van der Waals surface area contributed by atoms with E-state index in [1.165, 1.54) is 44.2 Å². The number of rotatable bonds is 6. The summed E-state index contributed by atoms with van der Waals surface area (Å²) in [5.74, 6) is 0. The van der Waals surface area contributed by atoms with Crippen molar-refractivity contribution in [3.8, 4) is 33.4 Å². The second-order valence-corrected chi connectivity index (χ2v) is 12.1. The van der Waals surface area contributed by atoms with Gasteiger partial charge < -0.3 is 9.32 Å². The van der Waals surface area contributed by atoms with Crippen LogP contribution >= 0.6 is 0 Å². The van der Waals surface area contributed by atoms with Gasteiger partial charge in [-0.25, -0.2) is 0 Å². The van der Waals surface area contributed by atoms with E-state index in [-0.39, 0.29) is 0 Å². The molecule has 1 heterocycles. The molecular formula is C46H31NO. The summed E-state index contributed by atoms with van der Waals surface area (Å²) in [5, 5.41) is 4.66. The van der Waals surface area contributed by atoms with Crippen molar-refractivity contribution < 1.29 is 4.42 Å². The molecule has 9 rings (SSSR count). The van der Waals surface area contributed by atoms with Crippen molar-refractivity contribution in [3.05, 3.63) is 188 Å². The molecule has 8 aromatic carbocycles. The first-order chi connectivity index (χ1) is 23.8. The Bertz CT molecular complexity index is 2450. The third-order valence-corrected chi connectivity index (χ3v) is 9.29. The van der Waals surface area contributed by atoms with Crippen LogP contribution in [0.5, 0.6) is 0 Å². The Labute approximate surface area is 279 Å². The van der Waals surface area contributed by atoms with Gasteiger partial charge in [0.25, 0.3) is 0 Å². The monoisotopic (exact) mass is 613 g/mol. The fourth-order valence-corrected chi connectivity index (χ4v) is 6.92. The minimum absolute atomic E-state index is 0.907. The van der Waals surface area contributed by atoms with Crippen LogP contribution in [0.1, 0.15) is 0 Å². The van der Waals surface area contributed by atoms with E-state index >= 15 is 0 Å². The summed E-state index contributed by atoms with van der Waals surface area (Å²) in [5.41, 5.74) is 12.3. The lowest BCUT2D eigenvalue weighted by molar-refractivity contribution is 0.669. The van der Waals surface area contributed by atoms with E-state index in [2.05, 4.69) is 181 Å². The van der Waals surface area contributed by atoms with Gasteiger partial charge in [-0.15, -0.1) is 0 Å². The number of hydrogen-bond acceptors (Lipinski definition) is 2. The number of furan rings is 1. The van der Waals surface area contributed by atoms with Crippen molar-refractivity contribution in [2.45, 2.75) is 0 Å². The molecule has 0 unspecified atom stereocenters. The number of para-hydroxylation sites is 1. The first kappa shape index (κ1) is 27.9. The van der Waals surface area contributed by atoms with Crippen LogP contribution in [0.15, 0.2) is 192 Å². The predicted molar refractivity (Wildman–Crippen MR) is 202 cm³/mol. The Morgan fingerprint density at radius 1 is 0.312 bits per heavy atom. The van der Waals surface area contributed by atoms with E-state index in [0.717, 1.165) is 39.0 Å². The second kappa shape index (κ2) is 11.8. The molecule has 9 aromatic rings. The summed E-state index contributed by atoms with van der Waals surface area (Å²) in [6.07, 6.45) is 0. The molecule has 0 aliphatic heterocycles. The average molecular weight is 614 g/mol. The minimum atomic E-state index is 0.907. The molecule has 0 fully saturated rings. The minimum Gasteiger partial charge on any atom is -0.456 e. The summed E-state index contributed by atoms with van der Waals surface area (Å²) in [7, 11) is 0. The van der Waals surface area contributed by atoms with E-state index in [1.54, 1.807) is 0 Å². The molecular weight excluding hydrogens is 583 g/mol. The summed E-state index contributed by atoms with van der Waals surface area (Å²) < 4.78 is 6.15. The molecule has 0 aliphatic rings. The molecule has 0 radical (unpaired) electrons. The van der Waals surface area contributed by atoms with Crippen LogP contribution < -0.4 is 4.90 Å². The topological polar surface area (TPSA) is 16.4 Å². The maximum atomic E-state index is 6.15. The Hall–Kier alpha value is -6.38. The molecule has 0 atom stereocenters. The van der Waals surface area contributed by atoms with Crippen molar-refractivity contribution in [2.24, 2.45) is 0 Å². The van der Waals surface area contributed by atoms with E-state index in [4.69, 9.17) is 4.42 Å². The van der Waals surface area contributed by atoms with Gasteiger partial charge in [0.15, 0.2) is 0 Å². The highest BCUT2D eigenvalue weighted by molar-refractivity contribution is 6.10. The first-order valence-electron chi connectivity index (χ1n) is 16.3. The van der Waals surface area contributed by atoms with Crippen molar-refractivity contribution in [1.82, 2.24) is 0 Å². The molecule has 0 saturated carbocycles. The summed E-state index contributed by atoms with van der Waals surface area (Å²) in [6.45, 7) is 0. The highest BCUT2D eigenvalue weighted by Gasteiger charge is 2.18. The van der Waals surface area contributed by atoms with Gasteiger partial charge >= 0.3 is 0 Å². The fourth-order valence-electron chi connectivity index (χ4n) is 6.92. The molecule has 1 aromatic heterocycles. The van der Waals surface area contributed by atoms with Crippen molar-refractivity contribution in [1.29, 1.82) is 0 Å². The van der Waals surface area contributed by atoms with Crippen molar-refractivity contribution in [3.63, 3.8) is 0 Å². The van der Waals surface area contributed by atoms with Crippen LogP contribution in [-0.4, -0.2) is 0 Å². The SMILES string of the molecule is c1ccc(-c2ccc(N(c3ccc(-c4ccccc4)cc3)c3ccc(-c4ccc5oc6ccccc6c5c4)c4ccccc34)cc2)cc1. The zero-order chi connectivity index (χ0) is 31.9. The van der Waals surface area contributed by atoms with Crippen LogP contribution in [0.4, 0.5) is 17.1 Å². The Kier molecular flexibility index (Phi) is 6.84. The standard InChI is InChI=1S/C46H31NO/c1-3-11-32(12-4-1)34-19-24-37(25-20-34)47(38-26-21-35(22-27-38)33-13-5-2-6-14-33)44-29-28-39(40-15-7-8-16-41(40)44)36-23-30-46-43(31-36)42-17-9-10-18-45(42)48-46/h1-31H. The largest absolute Gasteiger partial charge is 0.456 e. The predicted octanol–water partition coefficient (Wildman–Crippen LogP) is 13.2. The molecule has 226 valence electrons. The first-order valence-corrected chi connectivity index (χ1v) is 16.3. The third-order valence-electron chi connectivity index (χ3n) is 9.29. The molecule has 0 aliphatic carbocycles. The van der Waals surface area contributed by atoms with Crippen LogP contribution in [-0.2, 0) is 0 Å². The molecule has 0 amide bonds. The quantitative estimate of drug-likeness (QED) is 0.185. The highest BCUT2D eigenvalue weighted by atomic mass is 16.3. The van der Waals surface area contributed by atoms with E-state index in [9.17, 15) is 0 Å². The van der Waals surface area contributed by atoms with Crippen LogP contribution in [0.2, 0.25) is 0 Å². The van der Waals surface area contributed by atoms with Crippen LogP contribution in [0.3, 0.4) is 0 Å². The molecule has 48 heavy (non-hydrogen) atoms. The molecule has 2 nitrogen and oxygen atoms in total. The molecule has 2 heteroatoms. The van der Waals surface area contributed by atoms with E-state index in [0.29, 0.717) is 0 Å². The number of anilines is 3. The third kappa shape index (κ3) is 4.92. The summed E-state index contributed by atoms with van der Waals surface area (Å²) >= 11 is 0. The van der Waals surface area contributed by atoms with E-state index in [1.807, 2.05) is 12.1 Å². The lowest BCUT2D eigenvalue weighted by atomic mass is 9.95. The molecule has 0 bridgehead atoms. The van der Waals surface area contributed by atoms with Crippen LogP contribution in [0.25, 0.3) is 66.1 Å². The van der Waals surface area contributed by atoms with Gasteiger partial charge in [0.2, 0.25) is 0 Å². The maximum absolute atomic E-state index is 6.15. The zero-order valence-electron chi connectivity index (χ0n) is 26.3. The van der Waals surface area contributed by atoms with Gasteiger partial charge in [-0.2, -0.15) is 0 Å². The average Bonchev–Trinajstić information content (AvgIpc) is 3.54. The van der Waals surface area contributed by atoms with E-state index < -0.39 is 0 Å². The highest BCUT2D eigenvalue weighted by Crippen LogP contribution is 2.43. The zero-order valence-corrected chi connectivity index (χ0v) is 26.3. The number of fused-ring (bicyclic) bond motifs is 4. The lowest BCUT2D eigenvalue weighted by Crippen LogP contribution is -2.10. The van der Waals surface area contributed by atoms with Gasteiger partial charge in [0.05, 0.1) is 5.69 Å². The second-order valence-electron chi connectivity index (χ2n) is 12.1. The Morgan fingerprint density at radius 2 is 0.792 bits per heavy atom. The van der Waals surface area contributed by atoms with Gasteiger partial charge in [-0.05, 0) is 87.3 Å². The number of hydrogen-bond donors (Lipinski definition) is 0. The number of nitrogens with zero attached hydrogens (tertiary/aromatic N) is 1. The van der Waals surface area contributed by atoms with Crippen LogP contribution in [0, 0.1) is 0 Å². The molecule has 0 N–H and O–H groups in total. The van der Waals surface area contributed by atoms with Gasteiger partial charge in [0.1, 0.15) is 11.2 Å². The number of benzene rings is 8. The normalized spacial score (nSPS) is 11.3. The lowest BCUT2D eigenvalue weighted by Gasteiger charge is -2.28. The Morgan fingerprint density at radius 3 is 1.42 bits per heavy atom. The fraction of sp³-hybridized carbons (Fsp3) is 0. The maximum Gasteiger partial charge on any atom is 0.135 e. The molecule has 0 saturated heterocycles.